The fourth-order valence-corrected chi connectivity index (χ4v) is 1.22. The van der Waals surface area contributed by atoms with Crippen LogP contribution in [0.25, 0.3) is 0 Å². The molecular weight excluding hydrogens is 178 g/mol. The minimum Gasteiger partial charge on any atom is -0.464 e. The molecule has 0 spiro atoms. The SMILES string of the molecule is CC(C)CC[C@H](N)C(=O)OCC1CC1. The van der Waals surface area contributed by atoms with Crippen molar-refractivity contribution in [3.05, 3.63) is 0 Å². The summed E-state index contributed by atoms with van der Waals surface area (Å²) in [5.74, 6) is 0.992. The largest absolute Gasteiger partial charge is 0.464 e. The minimum absolute atomic E-state index is 0.224. The first-order valence-electron chi connectivity index (χ1n) is 5.51. The third-order valence-electron chi connectivity index (χ3n) is 2.52. The van der Waals surface area contributed by atoms with Crippen LogP contribution in [0.2, 0.25) is 0 Å². The van der Waals surface area contributed by atoms with Gasteiger partial charge < -0.3 is 10.5 Å². The standard InChI is InChI=1S/C11H21NO2/c1-8(2)3-6-10(12)11(13)14-7-9-4-5-9/h8-10H,3-7,12H2,1-2H3/t10-/m0/s1. The molecule has 2 N–H and O–H groups in total. The molecule has 3 nitrogen and oxygen atoms in total. The van der Waals surface area contributed by atoms with Crippen LogP contribution in [-0.2, 0) is 9.53 Å². The van der Waals surface area contributed by atoms with Crippen molar-refractivity contribution in [3.63, 3.8) is 0 Å². The maximum absolute atomic E-state index is 11.3. The quantitative estimate of drug-likeness (QED) is 0.662. The molecule has 0 aromatic heterocycles. The Balaban J connectivity index is 2.07. The zero-order chi connectivity index (χ0) is 10.6. The summed E-state index contributed by atoms with van der Waals surface area (Å²) in [6, 6.07) is -0.420. The van der Waals surface area contributed by atoms with Crippen LogP contribution in [0.5, 0.6) is 0 Å². The summed E-state index contributed by atoms with van der Waals surface area (Å²) < 4.78 is 5.10. The number of hydrogen-bond acceptors (Lipinski definition) is 3. The average molecular weight is 199 g/mol. The summed E-state index contributed by atoms with van der Waals surface area (Å²) in [6.07, 6.45) is 4.13. The van der Waals surface area contributed by atoms with Crippen LogP contribution in [0, 0.1) is 11.8 Å². The van der Waals surface area contributed by atoms with Crippen molar-refractivity contribution in [2.24, 2.45) is 17.6 Å². The number of carbonyl (C=O) groups excluding carboxylic acids is 1. The first-order chi connectivity index (χ1) is 6.59. The molecule has 0 radical (unpaired) electrons. The van der Waals surface area contributed by atoms with Gasteiger partial charge in [-0.3, -0.25) is 4.79 Å². The molecule has 1 fully saturated rings. The Labute approximate surface area is 86.0 Å². The second-order valence-electron chi connectivity index (χ2n) is 4.65. The molecular formula is C11H21NO2. The fraction of sp³-hybridized carbons (Fsp3) is 0.909. The highest BCUT2D eigenvalue weighted by Crippen LogP contribution is 2.28. The van der Waals surface area contributed by atoms with E-state index in [1.54, 1.807) is 0 Å². The fourth-order valence-electron chi connectivity index (χ4n) is 1.22. The summed E-state index contributed by atoms with van der Waals surface area (Å²) in [4.78, 5) is 11.3. The van der Waals surface area contributed by atoms with Gasteiger partial charge in [-0.05, 0) is 37.5 Å². The number of nitrogens with two attached hydrogens (primary N) is 1. The van der Waals surface area contributed by atoms with E-state index in [1.807, 2.05) is 0 Å². The highest BCUT2D eigenvalue weighted by atomic mass is 16.5. The second-order valence-corrected chi connectivity index (χ2v) is 4.65. The van der Waals surface area contributed by atoms with E-state index >= 15 is 0 Å². The monoisotopic (exact) mass is 199 g/mol. The first kappa shape index (κ1) is 11.5. The molecule has 0 bridgehead atoms. The van der Waals surface area contributed by atoms with E-state index in [9.17, 15) is 4.79 Å². The lowest BCUT2D eigenvalue weighted by atomic mass is 10.0. The summed E-state index contributed by atoms with van der Waals surface area (Å²) in [7, 11) is 0. The molecule has 1 atom stereocenters. The summed E-state index contributed by atoms with van der Waals surface area (Å²) in [5.41, 5.74) is 5.70. The molecule has 1 aliphatic rings. The van der Waals surface area contributed by atoms with Gasteiger partial charge in [-0.15, -0.1) is 0 Å². The number of ether oxygens (including phenoxy) is 1. The normalized spacial score (nSPS) is 18.3. The second kappa shape index (κ2) is 5.35. The molecule has 1 aliphatic carbocycles. The van der Waals surface area contributed by atoms with Gasteiger partial charge in [0.15, 0.2) is 0 Å². The third kappa shape index (κ3) is 4.61. The molecule has 0 saturated heterocycles. The van der Waals surface area contributed by atoms with Crippen LogP contribution in [0.4, 0.5) is 0 Å². The van der Waals surface area contributed by atoms with Crippen LogP contribution < -0.4 is 5.73 Å². The van der Waals surface area contributed by atoms with Gasteiger partial charge in [0.05, 0.1) is 6.61 Å². The smallest absolute Gasteiger partial charge is 0.322 e. The minimum atomic E-state index is -0.420. The Hall–Kier alpha value is -0.570. The van der Waals surface area contributed by atoms with Gasteiger partial charge in [0.25, 0.3) is 0 Å². The topological polar surface area (TPSA) is 52.3 Å². The van der Waals surface area contributed by atoms with Crippen molar-refractivity contribution in [2.75, 3.05) is 6.61 Å². The Morgan fingerprint density at radius 1 is 1.43 bits per heavy atom. The van der Waals surface area contributed by atoms with Gasteiger partial charge in [0.2, 0.25) is 0 Å². The van der Waals surface area contributed by atoms with Crippen LogP contribution in [0.1, 0.15) is 39.5 Å². The summed E-state index contributed by atoms with van der Waals surface area (Å²) in [6.45, 7) is 4.83. The summed E-state index contributed by atoms with van der Waals surface area (Å²) in [5, 5.41) is 0. The Morgan fingerprint density at radius 3 is 2.57 bits per heavy atom. The van der Waals surface area contributed by atoms with Crippen molar-refractivity contribution in [3.8, 4) is 0 Å². The van der Waals surface area contributed by atoms with Crippen molar-refractivity contribution in [1.82, 2.24) is 0 Å². The molecule has 0 amide bonds. The maximum atomic E-state index is 11.3. The molecule has 0 aromatic rings. The number of carbonyl (C=O) groups is 1. The zero-order valence-electron chi connectivity index (χ0n) is 9.16. The van der Waals surface area contributed by atoms with E-state index in [1.165, 1.54) is 12.8 Å². The van der Waals surface area contributed by atoms with Crippen molar-refractivity contribution in [2.45, 2.75) is 45.6 Å². The Bertz CT molecular complexity index is 188. The Morgan fingerprint density at radius 2 is 2.07 bits per heavy atom. The van der Waals surface area contributed by atoms with Crippen molar-refractivity contribution >= 4 is 5.97 Å². The summed E-state index contributed by atoms with van der Waals surface area (Å²) >= 11 is 0. The van der Waals surface area contributed by atoms with Gasteiger partial charge >= 0.3 is 5.97 Å². The molecule has 1 rings (SSSR count). The lowest BCUT2D eigenvalue weighted by Crippen LogP contribution is -2.33. The van der Waals surface area contributed by atoms with E-state index in [0.717, 1.165) is 12.8 Å². The highest BCUT2D eigenvalue weighted by molar-refractivity contribution is 5.75. The molecule has 0 aliphatic heterocycles. The van der Waals surface area contributed by atoms with E-state index in [2.05, 4.69) is 13.8 Å². The number of hydrogen-bond donors (Lipinski definition) is 1. The molecule has 0 unspecified atom stereocenters. The van der Waals surface area contributed by atoms with Crippen molar-refractivity contribution in [1.29, 1.82) is 0 Å². The first-order valence-corrected chi connectivity index (χ1v) is 5.51. The lowest BCUT2D eigenvalue weighted by Gasteiger charge is -2.12. The third-order valence-corrected chi connectivity index (χ3v) is 2.52. The maximum Gasteiger partial charge on any atom is 0.322 e. The number of esters is 1. The molecule has 82 valence electrons. The predicted octanol–water partition coefficient (Wildman–Crippen LogP) is 1.70. The van der Waals surface area contributed by atoms with Crippen LogP contribution in [0.3, 0.4) is 0 Å². The van der Waals surface area contributed by atoms with Crippen LogP contribution >= 0.6 is 0 Å². The van der Waals surface area contributed by atoms with E-state index in [4.69, 9.17) is 10.5 Å². The van der Waals surface area contributed by atoms with Gasteiger partial charge in [0.1, 0.15) is 6.04 Å². The molecule has 1 saturated carbocycles. The van der Waals surface area contributed by atoms with Crippen molar-refractivity contribution < 1.29 is 9.53 Å². The van der Waals surface area contributed by atoms with Gasteiger partial charge in [-0.1, -0.05) is 13.8 Å². The van der Waals surface area contributed by atoms with E-state index in [0.29, 0.717) is 18.4 Å². The van der Waals surface area contributed by atoms with E-state index in [-0.39, 0.29) is 5.97 Å². The average Bonchev–Trinajstić information content (AvgIpc) is 2.93. The van der Waals surface area contributed by atoms with Gasteiger partial charge in [0, 0.05) is 0 Å². The van der Waals surface area contributed by atoms with E-state index < -0.39 is 6.04 Å². The molecule has 0 heterocycles. The number of rotatable bonds is 6. The predicted molar refractivity (Wildman–Crippen MR) is 55.7 cm³/mol. The van der Waals surface area contributed by atoms with Crippen LogP contribution in [0.15, 0.2) is 0 Å². The van der Waals surface area contributed by atoms with Gasteiger partial charge in [-0.2, -0.15) is 0 Å². The highest BCUT2D eigenvalue weighted by Gasteiger charge is 2.24. The molecule has 14 heavy (non-hydrogen) atoms. The molecule has 0 aromatic carbocycles. The lowest BCUT2D eigenvalue weighted by molar-refractivity contribution is -0.145. The Kier molecular flexibility index (Phi) is 4.39. The molecule has 3 heteroatoms. The zero-order valence-corrected chi connectivity index (χ0v) is 9.16. The van der Waals surface area contributed by atoms with Crippen LogP contribution in [-0.4, -0.2) is 18.6 Å². The van der Waals surface area contributed by atoms with Gasteiger partial charge in [-0.25, -0.2) is 0 Å².